The van der Waals surface area contributed by atoms with Crippen molar-refractivity contribution in [2.45, 2.75) is 50.5 Å². The van der Waals surface area contributed by atoms with Crippen molar-refractivity contribution in [3.8, 4) is 0 Å². The number of H-pyrrole nitrogens is 1. The molecule has 6 heteroatoms. The Balaban J connectivity index is 1.33. The minimum Gasteiger partial charge on any atom is -0.441 e. The molecule has 1 aromatic carbocycles. The van der Waals surface area contributed by atoms with Crippen molar-refractivity contribution >= 4 is 22.9 Å². The van der Waals surface area contributed by atoms with Gasteiger partial charge in [-0.2, -0.15) is 0 Å². The van der Waals surface area contributed by atoms with E-state index >= 15 is 0 Å². The predicted molar refractivity (Wildman–Crippen MR) is 106 cm³/mol. The summed E-state index contributed by atoms with van der Waals surface area (Å²) >= 11 is 0. The van der Waals surface area contributed by atoms with Gasteiger partial charge in [-0.1, -0.05) is 18.2 Å². The summed E-state index contributed by atoms with van der Waals surface area (Å²) < 4.78 is 5.71. The van der Waals surface area contributed by atoms with Crippen LogP contribution in [-0.2, 0) is 16.0 Å². The number of benzene rings is 1. The number of carbonyl (C=O) groups is 2. The van der Waals surface area contributed by atoms with Crippen molar-refractivity contribution in [2.24, 2.45) is 0 Å². The van der Waals surface area contributed by atoms with E-state index in [0.717, 1.165) is 43.3 Å². The Morgan fingerprint density at radius 1 is 1.29 bits per heavy atom. The second-order valence-electron chi connectivity index (χ2n) is 8.40. The fraction of sp³-hybridized carbons (Fsp3) is 0.545. The van der Waals surface area contributed by atoms with Gasteiger partial charge in [-0.15, -0.1) is 0 Å². The number of hydrogen-bond acceptors (Lipinski definition) is 3. The molecule has 0 radical (unpaired) electrons. The van der Waals surface area contributed by atoms with Gasteiger partial charge in [0.05, 0.1) is 12.5 Å². The van der Waals surface area contributed by atoms with Crippen LogP contribution in [0.4, 0.5) is 4.79 Å². The first-order valence-electron chi connectivity index (χ1n) is 10.5. The van der Waals surface area contributed by atoms with Crippen LogP contribution in [0.3, 0.4) is 0 Å². The number of aromatic nitrogens is 1. The van der Waals surface area contributed by atoms with E-state index in [-0.39, 0.29) is 17.9 Å². The Labute approximate surface area is 164 Å². The molecule has 6 nitrogen and oxygen atoms in total. The van der Waals surface area contributed by atoms with E-state index in [0.29, 0.717) is 26.2 Å². The summed E-state index contributed by atoms with van der Waals surface area (Å²) in [6.07, 6.45) is 4.23. The van der Waals surface area contributed by atoms with Gasteiger partial charge in [0.1, 0.15) is 5.60 Å². The standard InChI is InChI=1S/C22H27N3O3/c1-2-24-14-22(28-21(24)27)10-12-25(13-11-22)20(26)17-8-5-7-16-15-6-3-4-9-18(15)23-19(16)17/h3-4,6,9,17,23H,2,5,7-8,10-14H2,1H3/t17-/m0/s1. The van der Waals surface area contributed by atoms with Crippen LogP contribution < -0.4 is 0 Å². The van der Waals surface area contributed by atoms with Crippen molar-refractivity contribution in [1.29, 1.82) is 0 Å². The summed E-state index contributed by atoms with van der Waals surface area (Å²) in [5.41, 5.74) is 3.16. The molecule has 2 fully saturated rings. The maximum Gasteiger partial charge on any atom is 0.410 e. The van der Waals surface area contributed by atoms with Gasteiger partial charge in [0, 0.05) is 49.1 Å². The number of rotatable bonds is 2. The lowest BCUT2D eigenvalue weighted by molar-refractivity contribution is -0.136. The van der Waals surface area contributed by atoms with Crippen LogP contribution in [0, 0.1) is 0 Å². The molecule has 2 aliphatic heterocycles. The van der Waals surface area contributed by atoms with Crippen LogP contribution in [0.5, 0.6) is 0 Å². The molecule has 2 saturated heterocycles. The van der Waals surface area contributed by atoms with Crippen molar-refractivity contribution < 1.29 is 14.3 Å². The van der Waals surface area contributed by atoms with Crippen LogP contribution in [0.25, 0.3) is 10.9 Å². The van der Waals surface area contributed by atoms with E-state index in [1.165, 1.54) is 10.9 Å². The van der Waals surface area contributed by atoms with Gasteiger partial charge in [-0.05, 0) is 37.8 Å². The van der Waals surface area contributed by atoms with Crippen molar-refractivity contribution in [1.82, 2.24) is 14.8 Å². The predicted octanol–water partition coefficient (Wildman–Crippen LogP) is 3.42. The van der Waals surface area contributed by atoms with Gasteiger partial charge in [0.15, 0.2) is 0 Å². The molecular weight excluding hydrogens is 354 g/mol. The van der Waals surface area contributed by atoms with E-state index in [4.69, 9.17) is 4.74 Å². The summed E-state index contributed by atoms with van der Waals surface area (Å²) in [4.78, 5) is 32.6. The lowest BCUT2D eigenvalue weighted by Crippen LogP contribution is -2.50. The minimum atomic E-state index is -0.400. The lowest BCUT2D eigenvalue weighted by atomic mass is 9.84. The highest BCUT2D eigenvalue weighted by molar-refractivity contribution is 5.90. The number of amides is 2. The molecule has 28 heavy (non-hydrogen) atoms. The zero-order valence-corrected chi connectivity index (χ0v) is 16.4. The number of hydrogen-bond donors (Lipinski definition) is 1. The highest BCUT2D eigenvalue weighted by Gasteiger charge is 2.47. The summed E-state index contributed by atoms with van der Waals surface area (Å²) in [6, 6.07) is 8.34. The van der Waals surface area contributed by atoms with Crippen LogP contribution in [0.2, 0.25) is 0 Å². The van der Waals surface area contributed by atoms with Gasteiger partial charge >= 0.3 is 6.09 Å². The number of likely N-dealkylation sites (tertiary alicyclic amines) is 1. The zero-order valence-electron chi connectivity index (χ0n) is 16.4. The molecule has 1 aliphatic carbocycles. The molecule has 2 amide bonds. The SMILES string of the molecule is CCN1CC2(CCN(C(=O)[C@H]3CCCc4c3[nH]c3ccccc43)CC2)OC1=O. The van der Waals surface area contributed by atoms with Gasteiger partial charge in [0.25, 0.3) is 0 Å². The van der Waals surface area contributed by atoms with Gasteiger partial charge in [-0.25, -0.2) is 4.79 Å². The minimum absolute atomic E-state index is 0.0801. The average Bonchev–Trinajstić information content (AvgIpc) is 3.25. The number of likely N-dealkylation sites (N-methyl/N-ethyl adjacent to an activating group) is 1. The molecule has 2 aromatic rings. The largest absolute Gasteiger partial charge is 0.441 e. The van der Waals surface area contributed by atoms with Gasteiger partial charge in [0.2, 0.25) is 5.91 Å². The smallest absolute Gasteiger partial charge is 0.410 e. The van der Waals surface area contributed by atoms with Crippen LogP contribution >= 0.6 is 0 Å². The van der Waals surface area contributed by atoms with E-state index in [1.54, 1.807) is 4.90 Å². The van der Waals surface area contributed by atoms with Crippen molar-refractivity contribution in [3.05, 3.63) is 35.5 Å². The van der Waals surface area contributed by atoms with E-state index in [1.807, 2.05) is 17.9 Å². The lowest BCUT2D eigenvalue weighted by Gasteiger charge is -2.39. The molecule has 1 aromatic heterocycles. The van der Waals surface area contributed by atoms with Gasteiger partial charge < -0.3 is 19.5 Å². The third-order valence-corrected chi connectivity index (χ3v) is 6.82. The number of piperidine rings is 1. The highest BCUT2D eigenvalue weighted by atomic mass is 16.6. The van der Waals surface area contributed by atoms with E-state index < -0.39 is 5.60 Å². The molecule has 0 saturated carbocycles. The Morgan fingerprint density at radius 3 is 2.82 bits per heavy atom. The molecule has 5 rings (SSSR count). The zero-order chi connectivity index (χ0) is 19.3. The Kier molecular flexibility index (Phi) is 4.11. The van der Waals surface area contributed by atoms with Crippen LogP contribution in [-0.4, -0.2) is 58.6 Å². The maximum atomic E-state index is 13.4. The molecule has 1 N–H and O–H groups in total. The summed E-state index contributed by atoms with van der Waals surface area (Å²) in [6.45, 7) is 4.62. The first kappa shape index (κ1) is 17.6. The molecule has 1 spiro atoms. The first-order valence-corrected chi connectivity index (χ1v) is 10.5. The number of fused-ring (bicyclic) bond motifs is 3. The first-order chi connectivity index (χ1) is 13.6. The number of nitrogens with one attached hydrogen (secondary N) is 1. The molecule has 1 atom stereocenters. The summed E-state index contributed by atoms with van der Waals surface area (Å²) in [7, 11) is 0. The van der Waals surface area contributed by atoms with Crippen LogP contribution in [0.1, 0.15) is 49.8 Å². The number of ether oxygens (including phenoxy) is 1. The number of aromatic amines is 1. The topological polar surface area (TPSA) is 65.6 Å². The second-order valence-corrected chi connectivity index (χ2v) is 8.40. The summed E-state index contributed by atoms with van der Waals surface area (Å²) in [5, 5.41) is 1.25. The molecule has 0 bridgehead atoms. The summed E-state index contributed by atoms with van der Waals surface area (Å²) in [5.74, 6) is 0.141. The van der Waals surface area contributed by atoms with E-state index in [2.05, 4.69) is 23.2 Å². The Hall–Kier alpha value is -2.50. The second kappa shape index (κ2) is 6.54. The monoisotopic (exact) mass is 381 g/mol. The molecule has 3 aliphatic rings. The molecule has 3 heterocycles. The molecule has 148 valence electrons. The highest BCUT2D eigenvalue weighted by Crippen LogP contribution is 2.39. The Bertz CT molecular complexity index is 926. The molecule has 0 unspecified atom stereocenters. The fourth-order valence-corrected chi connectivity index (χ4v) is 5.21. The number of carbonyl (C=O) groups excluding carboxylic acids is 2. The van der Waals surface area contributed by atoms with E-state index in [9.17, 15) is 9.59 Å². The normalized spacial score (nSPS) is 23.9. The quantitative estimate of drug-likeness (QED) is 0.867. The van der Waals surface area contributed by atoms with Crippen LogP contribution in [0.15, 0.2) is 24.3 Å². The van der Waals surface area contributed by atoms with Gasteiger partial charge in [-0.3, -0.25) is 4.79 Å². The number of aryl methyl sites for hydroxylation is 1. The third kappa shape index (κ3) is 2.69. The maximum absolute atomic E-state index is 13.4. The number of nitrogens with zero attached hydrogens (tertiary/aromatic N) is 2. The third-order valence-electron chi connectivity index (χ3n) is 6.82. The average molecular weight is 381 g/mol. The van der Waals surface area contributed by atoms with Crippen molar-refractivity contribution in [2.75, 3.05) is 26.2 Å². The van der Waals surface area contributed by atoms with Crippen molar-refractivity contribution in [3.63, 3.8) is 0 Å². The Morgan fingerprint density at radius 2 is 2.07 bits per heavy atom. The fourth-order valence-electron chi connectivity index (χ4n) is 5.21. The molecular formula is C22H27N3O3. The number of para-hydroxylation sites is 1.